The van der Waals surface area contributed by atoms with Gasteiger partial charge in [-0.25, -0.2) is 0 Å². The van der Waals surface area contributed by atoms with E-state index < -0.39 is 14.9 Å². The summed E-state index contributed by atoms with van der Waals surface area (Å²) < 4.78 is 15.1. The van der Waals surface area contributed by atoms with Crippen LogP contribution < -0.4 is 0 Å². The van der Waals surface area contributed by atoms with Gasteiger partial charge in [0.25, 0.3) is 4.52 Å². The van der Waals surface area contributed by atoms with Crippen LogP contribution in [0.3, 0.4) is 0 Å². The van der Waals surface area contributed by atoms with Crippen molar-refractivity contribution in [1.82, 2.24) is 0 Å². The van der Waals surface area contributed by atoms with E-state index >= 15 is 0 Å². The van der Waals surface area contributed by atoms with Gasteiger partial charge in [-0.15, -0.1) is 0 Å². The van der Waals surface area contributed by atoms with Gasteiger partial charge in [-0.3, -0.25) is 4.74 Å². The van der Waals surface area contributed by atoms with E-state index in [2.05, 4.69) is 4.74 Å². The highest BCUT2D eigenvalue weighted by atomic mass is 35.5. The summed E-state index contributed by atoms with van der Waals surface area (Å²) in [4.78, 5) is 0. The smallest absolute Gasteiger partial charge is 0.287 e. The Balaban J connectivity index is 3.09. The summed E-state index contributed by atoms with van der Waals surface area (Å²) in [6.45, 7) is 0. The first-order valence-electron chi connectivity index (χ1n) is 2.29. The number of ether oxygens (including phenoxy) is 1. The topological polar surface area (TPSA) is 9.23 Å². The Morgan fingerprint density at radius 2 is 1.55 bits per heavy atom. The van der Waals surface area contributed by atoms with Crippen molar-refractivity contribution in [3.8, 4) is 0 Å². The molecule has 1 rings (SSSR count). The summed E-state index contributed by atoms with van der Waals surface area (Å²) in [7, 11) is 0. The molecule has 1 atom stereocenters. The lowest BCUT2D eigenvalue weighted by molar-refractivity contribution is -0.0429. The molecule has 0 amide bonds. The van der Waals surface area contributed by atoms with Gasteiger partial charge in [0.2, 0.25) is 0 Å². The zero-order valence-corrected chi connectivity index (χ0v) is 8.46. The fraction of sp³-hybridized carbons (Fsp3) is 0.500. The second-order valence-corrected chi connectivity index (χ2v) is 4.26. The maximum Gasteiger partial charge on any atom is 0.328 e. The maximum absolute atomic E-state index is 12.9. The molecule has 0 fully saturated rings. The van der Waals surface area contributed by atoms with Gasteiger partial charge in [0.15, 0.2) is 0 Å². The van der Waals surface area contributed by atoms with E-state index in [1.807, 2.05) is 0 Å². The van der Waals surface area contributed by atoms with Crippen LogP contribution in [0.25, 0.3) is 0 Å². The highest BCUT2D eigenvalue weighted by Gasteiger charge is 2.53. The molecule has 1 unspecified atom stereocenters. The molecule has 0 spiro atoms. The molecule has 0 aromatic heterocycles. The van der Waals surface area contributed by atoms with Crippen molar-refractivity contribution >= 4 is 58.0 Å². The molecule has 1 nitrogen and oxygen atoms in total. The molecule has 0 aromatic carbocycles. The summed E-state index contributed by atoms with van der Waals surface area (Å²) in [5.74, 6) is 0. The Hall–Kier alpha value is 1.08. The lowest BCUT2D eigenvalue weighted by atomic mass is 10.5. The van der Waals surface area contributed by atoms with E-state index in [1.165, 1.54) is 0 Å². The molecule has 1 aliphatic heterocycles. The van der Waals surface area contributed by atoms with Gasteiger partial charge >= 0.3 is 5.31 Å². The van der Waals surface area contributed by atoms with Crippen LogP contribution in [0.1, 0.15) is 0 Å². The molecule has 0 saturated carbocycles. The molecule has 11 heavy (non-hydrogen) atoms. The van der Waals surface area contributed by atoms with Crippen LogP contribution in [0.5, 0.6) is 0 Å². The summed E-state index contributed by atoms with van der Waals surface area (Å²) in [5, 5.41) is -3.63. The second kappa shape index (κ2) is 2.79. The van der Waals surface area contributed by atoms with Crippen LogP contribution in [-0.4, -0.2) is 9.83 Å². The standard InChI is InChI=1S/C4Cl5FO/c5-1-2(6)4(9,10)11-3(1,7)8. The molecule has 1 heterocycles. The SMILES string of the molecule is FC1(Cl)OC(Cl)(Cl)C(Cl)=C1Cl. The third kappa shape index (κ3) is 1.71. The highest BCUT2D eigenvalue weighted by molar-refractivity contribution is 6.58. The van der Waals surface area contributed by atoms with Crippen LogP contribution >= 0.6 is 58.0 Å². The molecule has 7 heteroatoms. The van der Waals surface area contributed by atoms with E-state index in [0.717, 1.165) is 0 Å². The van der Waals surface area contributed by atoms with Gasteiger partial charge in [-0.1, -0.05) is 46.4 Å². The number of hydrogen-bond donors (Lipinski definition) is 0. The largest absolute Gasteiger partial charge is 0.328 e. The van der Waals surface area contributed by atoms with Crippen molar-refractivity contribution < 1.29 is 9.13 Å². The fourth-order valence-corrected chi connectivity index (χ4v) is 1.67. The van der Waals surface area contributed by atoms with Gasteiger partial charge in [-0.05, 0) is 11.6 Å². The lowest BCUT2D eigenvalue weighted by Crippen LogP contribution is -2.21. The van der Waals surface area contributed by atoms with Gasteiger partial charge in [0.1, 0.15) is 10.1 Å². The first kappa shape index (κ1) is 10.2. The Morgan fingerprint density at radius 1 is 1.09 bits per heavy atom. The molecule has 1 aliphatic rings. The van der Waals surface area contributed by atoms with Crippen LogP contribution in [0, 0.1) is 0 Å². The first-order valence-corrected chi connectivity index (χ1v) is 4.18. The van der Waals surface area contributed by atoms with Crippen molar-refractivity contribution in [2.45, 2.75) is 9.83 Å². The summed E-state index contributed by atoms with van der Waals surface area (Å²) >= 11 is 26.4. The van der Waals surface area contributed by atoms with Crippen molar-refractivity contribution in [2.75, 3.05) is 0 Å². The number of halogens is 6. The number of hydrogen-bond acceptors (Lipinski definition) is 1. The monoisotopic (exact) mass is 258 g/mol. The molecule has 0 saturated heterocycles. The van der Waals surface area contributed by atoms with Crippen molar-refractivity contribution in [2.24, 2.45) is 0 Å². The Labute approximate surface area is 86.9 Å². The quantitative estimate of drug-likeness (QED) is 0.603. The van der Waals surface area contributed by atoms with Gasteiger partial charge in [0, 0.05) is 0 Å². The minimum absolute atomic E-state index is 0.361. The van der Waals surface area contributed by atoms with E-state index in [9.17, 15) is 4.39 Å². The number of rotatable bonds is 0. The fourth-order valence-electron chi connectivity index (χ4n) is 0.506. The molecule has 64 valence electrons. The third-order valence-corrected chi connectivity index (χ3v) is 3.03. The molecular weight excluding hydrogens is 260 g/mol. The Morgan fingerprint density at radius 3 is 1.64 bits per heavy atom. The van der Waals surface area contributed by atoms with E-state index in [1.54, 1.807) is 0 Å². The van der Waals surface area contributed by atoms with Crippen molar-refractivity contribution in [3.05, 3.63) is 10.1 Å². The van der Waals surface area contributed by atoms with Crippen molar-refractivity contribution in [1.29, 1.82) is 0 Å². The minimum Gasteiger partial charge on any atom is -0.287 e. The normalized spacial score (nSPS) is 36.5. The Bertz CT molecular complexity index is 201. The van der Waals surface area contributed by atoms with Crippen LogP contribution in [-0.2, 0) is 4.74 Å². The van der Waals surface area contributed by atoms with E-state index in [4.69, 9.17) is 58.0 Å². The average molecular weight is 260 g/mol. The van der Waals surface area contributed by atoms with Crippen LogP contribution in [0.4, 0.5) is 4.39 Å². The molecule has 0 radical (unpaired) electrons. The summed E-state index contributed by atoms with van der Waals surface area (Å²) in [6, 6.07) is 0. The van der Waals surface area contributed by atoms with E-state index in [0.29, 0.717) is 0 Å². The average Bonchev–Trinajstić information content (AvgIpc) is 1.91. The van der Waals surface area contributed by atoms with Crippen molar-refractivity contribution in [3.63, 3.8) is 0 Å². The lowest BCUT2D eigenvalue weighted by Gasteiger charge is -2.15. The number of alkyl halides is 4. The molecule has 0 N–H and O–H groups in total. The third-order valence-electron chi connectivity index (χ3n) is 0.960. The summed E-state index contributed by atoms with van der Waals surface area (Å²) in [5.41, 5.74) is 0. The zero-order valence-electron chi connectivity index (χ0n) is 4.68. The van der Waals surface area contributed by atoms with E-state index in [-0.39, 0.29) is 5.03 Å². The maximum atomic E-state index is 12.9. The second-order valence-electron chi connectivity index (χ2n) is 1.76. The molecule has 0 bridgehead atoms. The van der Waals surface area contributed by atoms with Crippen LogP contribution in [0.2, 0.25) is 0 Å². The summed E-state index contributed by atoms with van der Waals surface area (Å²) in [6.07, 6.45) is 0. The minimum atomic E-state index is -2.72. The van der Waals surface area contributed by atoms with Gasteiger partial charge in [-0.2, -0.15) is 4.39 Å². The van der Waals surface area contributed by atoms with Gasteiger partial charge in [0.05, 0.1) is 0 Å². The van der Waals surface area contributed by atoms with Crippen LogP contribution in [0.15, 0.2) is 10.1 Å². The predicted octanol–water partition coefficient (Wildman–Crippen LogP) is 3.70. The molecule has 0 aromatic rings. The predicted molar refractivity (Wildman–Crippen MR) is 43.9 cm³/mol. The van der Waals surface area contributed by atoms with Gasteiger partial charge < -0.3 is 0 Å². The highest BCUT2D eigenvalue weighted by Crippen LogP contribution is 2.53. The molecule has 0 aliphatic carbocycles. The first-order chi connectivity index (χ1) is 4.77. The zero-order chi connectivity index (χ0) is 8.86. The molecular formula is C4Cl5FO. The Kier molecular flexibility index (Phi) is 2.58.